The van der Waals surface area contributed by atoms with Gasteiger partial charge in [0.15, 0.2) is 0 Å². The number of rotatable bonds is 4. The fraction of sp³-hybridized carbons (Fsp3) is 0.417. The van der Waals surface area contributed by atoms with E-state index < -0.39 is 5.41 Å². The fourth-order valence-electron chi connectivity index (χ4n) is 1.16. The van der Waals surface area contributed by atoms with E-state index in [4.69, 9.17) is 5.26 Å². The molecular formula is C12H15N3O. The van der Waals surface area contributed by atoms with Crippen molar-refractivity contribution in [3.63, 3.8) is 0 Å². The van der Waals surface area contributed by atoms with Crippen molar-refractivity contribution in [2.45, 2.75) is 26.8 Å². The van der Waals surface area contributed by atoms with Crippen LogP contribution < -0.4 is 5.32 Å². The topological polar surface area (TPSA) is 65.8 Å². The number of nitrogens with one attached hydrogen (secondary N) is 1. The lowest BCUT2D eigenvalue weighted by Crippen LogP contribution is -2.37. The summed E-state index contributed by atoms with van der Waals surface area (Å²) in [6, 6.07) is 7.54. The van der Waals surface area contributed by atoms with Gasteiger partial charge in [0.2, 0.25) is 5.91 Å². The highest BCUT2D eigenvalue weighted by Crippen LogP contribution is 2.19. The third-order valence-corrected chi connectivity index (χ3v) is 2.61. The number of hydrogen-bond acceptors (Lipinski definition) is 3. The van der Waals surface area contributed by atoms with Gasteiger partial charge in [0.25, 0.3) is 0 Å². The first kappa shape index (κ1) is 12.2. The summed E-state index contributed by atoms with van der Waals surface area (Å²) in [6.07, 6.45) is 2.17. The van der Waals surface area contributed by atoms with Gasteiger partial charge in [-0.15, -0.1) is 0 Å². The predicted molar refractivity (Wildman–Crippen MR) is 60.1 cm³/mol. The van der Waals surface area contributed by atoms with Crippen molar-refractivity contribution in [2.24, 2.45) is 5.41 Å². The predicted octanol–water partition coefficient (Wildman–Crippen LogP) is 1.64. The van der Waals surface area contributed by atoms with E-state index in [1.807, 2.05) is 31.2 Å². The normalized spacial score (nSPS) is 13.6. The van der Waals surface area contributed by atoms with Gasteiger partial charge in [-0.25, -0.2) is 0 Å². The molecule has 1 heterocycles. The summed E-state index contributed by atoms with van der Waals surface area (Å²) in [5.74, 6) is -0.247. The van der Waals surface area contributed by atoms with Crippen molar-refractivity contribution in [2.75, 3.05) is 0 Å². The van der Waals surface area contributed by atoms with Gasteiger partial charge in [0, 0.05) is 6.20 Å². The van der Waals surface area contributed by atoms with Crippen LogP contribution in [0.25, 0.3) is 0 Å². The first-order valence-electron chi connectivity index (χ1n) is 5.22. The van der Waals surface area contributed by atoms with Crippen LogP contribution in [-0.2, 0) is 11.3 Å². The summed E-state index contributed by atoms with van der Waals surface area (Å²) in [5, 5.41) is 11.6. The van der Waals surface area contributed by atoms with Crippen molar-refractivity contribution in [3.05, 3.63) is 30.1 Å². The lowest BCUT2D eigenvalue weighted by atomic mass is 9.88. The molecule has 0 aliphatic carbocycles. The molecule has 1 N–H and O–H groups in total. The minimum Gasteiger partial charge on any atom is -0.349 e. The molecule has 1 atom stereocenters. The number of nitrogens with zero attached hydrogens (tertiary/aromatic N) is 2. The highest BCUT2D eigenvalue weighted by molar-refractivity contribution is 5.84. The van der Waals surface area contributed by atoms with E-state index >= 15 is 0 Å². The lowest BCUT2D eigenvalue weighted by molar-refractivity contribution is -0.127. The van der Waals surface area contributed by atoms with Crippen LogP contribution >= 0.6 is 0 Å². The van der Waals surface area contributed by atoms with E-state index in [0.717, 1.165) is 5.69 Å². The van der Waals surface area contributed by atoms with E-state index in [1.54, 1.807) is 13.1 Å². The molecule has 16 heavy (non-hydrogen) atoms. The molecule has 1 aromatic heterocycles. The molecule has 1 rings (SSSR count). The maximum Gasteiger partial charge on any atom is 0.240 e. The van der Waals surface area contributed by atoms with Gasteiger partial charge in [-0.2, -0.15) is 5.26 Å². The number of hydrogen-bond donors (Lipinski definition) is 1. The molecule has 1 aromatic rings. The van der Waals surface area contributed by atoms with Crippen molar-refractivity contribution < 1.29 is 4.79 Å². The monoisotopic (exact) mass is 217 g/mol. The third kappa shape index (κ3) is 2.80. The van der Waals surface area contributed by atoms with Crippen molar-refractivity contribution in [1.82, 2.24) is 10.3 Å². The molecule has 0 radical (unpaired) electrons. The summed E-state index contributed by atoms with van der Waals surface area (Å²) in [7, 11) is 0. The number of nitriles is 1. The van der Waals surface area contributed by atoms with Crippen molar-refractivity contribution in [1.29, 1.82) is 5.26 Å². The lowest BCUT2D eigenvalue weighted by Gasteiger charge is -2.18. The third-order valence-electron chi connectivity index (χ3n) is 2.61. The number of pyridine rings is 1. The molecule has 0 aliphatic rings. The summed E-state index contributed by atoms with van der Waals surface area (Å²) >= 11 is 0. The quantitative estimate of drug-likeness (QED) is 0.833. The molecule has 0 aliphatic heterocycles. The van der Waals surface area contributed by atoms with Crippen LogP contribution in [0.2, 0.25) is 0 Å². The van der Waals surface area contributed by atoms with E-state index in [9.17, 15) is 4.79 Å². The fourth-order valence-corrected chi connectivity index (χ4v) is 1.16. The maximum absolute atomic E-state index is 11.7. The second kappa shape index (κ2) is 5.26. The second-order valence-electron chi connectivity index (χ2n) is 3.80. The Morgan fingerprint density at radius 2 is 2.38 bits per heavy atom. The van der Waals surface area contributed by atoms with Crippen LogP contribution in [-0.4, -0.2) is 10.9 Å². The van der Waals surface area contributed by atoms with Crippen LogP contribution in [0.5, 0.6) is 0 Å². The van der Waals surface area contributed by atoms with Crippen LogP contribution in [0.3, 0.4) is 0 Å². The number of carbonyl (C=O) groups excluding carboxylic acids is 1. The molecule has 0 bridgehead atoms. The van der Waals surface area contributed by atoms with Gasteiger partial charge in [-0.1, -0.05) is 13.0 Å². The smallest absolute Gasteiger partial charge is 0.240 e. The van der Waals surface area contributed by atoms with Crippen molar-refractivity contribution >= 4 is 5.91 Å². The molecule has 0 spiro atoms. The summed E-state index contributed by atoms with van der Waals surface area (Å²) in [5.41, 5.74) is -0.165. The Balaban J connectivity index is 2.57. The largest absolute Gasteiger partial charge is 0.349 e. The van der Waals surface area contributed by atoms with Crippen LogP contribution in [0, 0.1) is 16.7 Å². The molecule has 0 aromatic carbocycles. The Kier molecular flexibility index (Phi) is 4.01. The minimum absolute atomic E-state index is 0.247. The average Bonchev–Trinajstić information content (AvgIpc) is 2.36. The van der Waals surface area contributed by atoms with E-state index in [2.05, 4.69) is 10.3 Å². The van der Waals surface area contributed by atoms with Gasteiger partial charge < -0.3 is 5.32 Å². The SMILES string of the molecule is CCC(C)(C#N)C(=O)NCc1ccccn1. The van der Waals surface area contributed by atoms with E-state index in [1.165, 1.54) is 0 Å². The molecule has 84 valence electrons. The number of aromatic nitrogens is 1. The zero-order valence-corrected chi connectivity index (χ0v) is 9.53. The Morgan fingerprint density at radius 3 is 2.88 bits per heavy atom. The van der Waals surface area contributed by atoms with Gasteiger partial charge in [0.05, 0.1) is 18.3 Å². The van der Waals surface area contributed by atoms with Crippen LogP contribution in [0.15, 0.2) is 24.4 Å². The van der Waals surface area contributed by atoms with E-state index in [0.29, 0.717) is 13.0 Å². The highest BCUT2D eigenvalue weighted by atomic mass is 16.2. The van der Waals surface area contributed by atoms with Crippen LogP contribution in [0.4, 0.5) is 0 Å². The summed E-state index contributed by atoms with van der Waals surface area (Å²) in [6.45, 7) is 3.82. The number of carbonyl (C=O) groups is 1. The van der Waals surface area contributed by atoms with Gasteiger partial charge in [0.1, 0.15) is 5.41 Å². The molecule has 0 fully saturated rings. The zero-order chi connectivity index (χ0) is 12.0. The molecular weight excluding hydrogens is 202 g/mol. The Bertz CT molecular complexity index is 396. The average molecular weight is 217 g/mol. The first-order valence-corrected chi connectivity index (χ1v) is 5.22. The highest BCUT2D eigenvalue weighted by Gasteiger charge is 2.30. The molecule has 0 saturated carbocycles. The summed E-state index contributed by atoms with van der Waals surface area (Å²) in [4.78, 5) is 15.8. The summed E-state index contributed by atoms with van der Waals surface area (Å²) < 4.78 is 0. The number of amides is 1. The van der Waals surface area contributed by atoms with Crippen molar-refractivity contribution in [3.8, 4) is 6.07 Å². The van der Waals surface area contributed by atoms with E-state index in [-0.39, 0.29) is 5.91 Å². The second-order valence-corrected chi connectivity index (χ2v) is 3.80. The Labute approximate surface area is 95.3 Å². The van der Waals surface area contributed by atoms with Gasteiger partial charge in [-0.3, -0.25) is 9.78 Å². The molecule has 4 heteroatoms. The zero-order valence-electron chi connectivity index (χ0n) is 9.53. The first-order chi connectivity index (χ1) is 7.62. The molecule has 1 amide bonds. The molecule has 1 unspecified atom stereocenters. The maximum atomic E-state index is 11.7. The molecule has 0 saturated heterocycles. The van der Waals surface area contributed by atoms with Gasteiger partial charge in [-0.05, 0) is 25.5 Å². The minimum atomic E-state index is -0.950. The Morgan fingerprint density at radius 1 is 1.62 bits per heavy atom. The van der Waals surface area contributed by atoms with Gasteiger partial charge >= 0.3 is 0 Å². The van der Waals surface area contributed by atoms with Crippen LogP contribution in [0.1, 0.15) is 26.0 Å². The standard InChI is InChI=1S/C12H15N3O/c1-3-12(2,9-13)11(16)15-8-10-6-4-5-7-14-10/h4-7H,3,8H2,1-2H3,(H,15,16). The Hall–Kier alpha value is -1.89. The molecule has 4 nitrogen and oxygen atoms in total.